The molecule has 2 amide bonds. The van der Waals surface area contributed by atoms with Crippen molar-refractivity contribution < 1.29 is 23.1 Å². The zero-order chi connectivity index (χ0) is 24.3. The van der Waals surface area contributed by atoms with E-state index in [1.54, 1.807) is 18.0 Å². The number of aliphatic hydroxyl groups excluding tert-OH is 1. The van der Waals surface area contributed by atoms with E-state index in [1.165, 1.54) is 4.90 Å². The number of hydrogen-bond donors (Lipinski definition) is 1. The normalized spacial score (nSPS) is 21.6. The van der Waals surface area contributed by atoms with Crippen molar-refractivity contribution in [1.82, 2.24) is 14.7 Å². The highest BCUT2D eigenvalue weighted by Crippen LogP contribution is 2.41. The quantitative estimate of drug-likeness (QED) is 0.689. The van der Waals surface area contributed by atoms with E-state index >= 15 is 0 Å². The first-order valence-corrected chi connectivity index (χ1v) is 11.6. The Labute approximate surface area is 198 Å². The van der Waals surface area contributed by atoms with E-state index in [1.807, 2.05) is 35.2 Å². The van der Waals surface area contributed by atoms with Gasteiger partial charge in [-0.05, 0) is 48.3 Å². The fourth-order valence-corrected chi connectivity index (χ4v) is 5.05. The van der Waals surface area contributed by atoms with E-state index in [9.17, 15) is 23.1 Å². The van der Waals surface area contributed by atoms with E-state index in [0.29, 0.717) is 43.6 Å². The van der Waals surface area contributed by atoms with Gasteiger partial charge in [0.2, 0.25) is 0 Å². The van der Waals surface area contributed by atoms with Crippen molar-refractivity contribution in [2.45, 2.75) is 24.4 Å². The molecule has 34 heavy (non-hydrogen) atoms. The predicted molar refractivity (Wildman–Crippen MR) is 125 cm³/mol. The summed E-state index contributed by atoms with van der Waals surface area (Å²) in [6.07, 6.45) is 3.11. The van der Waals surface area contributed by atoms with Crippen LogP contribution >= 0.6 is 0 Å². The fraction of sp³-hybridized carbons (Fsp3) is 0.423. The minimum Gasteiger partial charge on any atom is -0.393 e. The van der Waals surface area contributed by atoms with Gasteiger partial charge in [0, 0.05) is 44.8 Å². The summed E-state index contributed by atoms with van der Waals surface area (Å²) in [5.74, 6) is -1.16. The Kier molecular flexibility index (Phi) is 7.28. The molecule has 4 rings (SSSR count). The minimum absolute atomic E-state index is 0.0275. The highest BCUT2D eigenvalue weighted by molar-refractivity contribution is 5.83. The van der Waals surface area contributed by atoms with Gasteiger partial charge in [0.15, 0.2) is 0 Å². The molecule has 0 saturated carbocycles. The molecule has 1 N–H and O–H groups in total. The Bertz CT molecular complexity index is 1040. The smallest absolute Gasteiger partial charge is 0.321 e. The third kappa shape index (κ3) is 4.57. The SMILES string of the molecule is CN(C(=O)N1CC(c2cc(F)ccc2F)=CC1(CO)c1ccccc1)C1CCN(CCF)CC1. The zero-order valence-electron chi connectivity index (χ0n) is 19.3. The lowest BCUT2D eigenvalue weighted by atomic mass is 9.89. The molecule has 0 radical (unpaired) electrons. The lowest BCUT2D eigenvalue weighted by Gasteiger charge is -2.42. The number of urea groups is 1. The van der Waals surface area contributed by atoms with Gasteiger partial charge in [-0.2, -0.15) is 0 Å². The van der Waals surface area contributed by atoms with Crippen molar-refractivity contribution in [2.24, 2.45) is 0 Å². The number of hydrogen-bond acceptors (Lipinski definition) is 3. The molecule has 1 unspecified atom stereocenters. The highest BCUT2D eigenvalue weighted by atomic mass is 19.1. The van der Waals surface area contributed by atoms with Crippen molar-refractivity contribution in [3.63, 3.8) is 0 Å². The average Bonchev–Trinajstić information content (AvgIpc) is 3.26. The Morgan fingerprint density at radius 3 is 2.50 bits per heavy atom. The fourth-order valence-electron chi connectivity index (χ4n) is 5.05. The molecule has 182 valence electrons. The lowest BCUT2D eigenvalue weighted by Crippen LogP contribution is -2.55. The molecule has 2 aliphatic heterocycles. The number of amides is 2. The maximum absolute atomic E-state index is 14.6. The van der Waals surface area contributed by atoms with Crippen LogP contribution < -0.4 is 0 Å². The summed E-state index contributed by atoms with van der Waals surface area (Å²) in [7, 11) is 1.73. The number of halogens is 3. The summed E-state index contributed by atoms with van der Waals surface area (Å²) < 4.78 is 41.3. The minimum atomic E-state index is -1.21. The lowest BCUT2D eigenvalue weighted by molar-refractivity contribution is 0.0676. The third-order valence-corrected chi connectivity index (χ3v) is 7.05. The predicted octanol–water partition coefficient (Wildman–Crippen LogP) is 4.04. The van der Waals surface area contributed by atoms with Gasteiger partial charge in [-0.1, -0.05) is 30.3 Å². The van der Waals surface area contributed by atoms with Crippen LogP contribution in [0.3, 0.4) is 0 Å². The maximum Gasteiger partial charge on any atom is 0.321 e. The van der Waals surface area contributed by atoms with E-state index in [2.05, 4.69) is 0 Å². The molecular formula is C26H30F3N3O2. The number of rotatable bonds is 6. The van der Waals surface area contributed by atoms with Crippen molar-refractivity contribution >= 4 is 11.6 Å². The van der Waals surface area contributed by atoms with Gasteiger partial charge in [-0.25, -0.2) is 18.0 Å². The van der Waals surface area contributed by atoms with E-state index in [4.69, 9.17) is 0 Å². The number of likely N-dealkylation sites (tertiary alicyclic amines) is 1. The summed E-state index contributed by atoms with van der Waals surface area (Å²) in [6.45, 7) is 1.02. The number of nitrogens with zero attached hydrogens (tertiary/aromatic N) is 3. The van der Waals surface area contributed by atoms with Crippen LogP contribution in [0, 0.1) is 11.6 Å². The van der Waals surface area contributed by atoms with Crippen LogP contribution in [0.1, 0.15) is 24.0 Å². The molecule has 1 atom stereocenters. The molecule has 2 heterocycles. The van der Waals surface area contributed by atoms with Crippen LogP contribution in [0.4, 0.5) is 18.0 Å². The van der Waals surface area contributed by atoms with Crippen molar-refractivity contribution in [3.05, 3.63) is 77.4 Å². The standard InChI is InChI=1S/C26H30F3N3O2/c1-30(22-9-12-31(13-10-22)14-11-27)25(34)32-17-19(23-15-21(28)7-8-24(23)29)16-26(32,18-33)20-5-3-2-4-6-20/h2-8,15-16,22,33H,9-14,17-18H2,1H3. The van der Waals surface area contributed by atoms with Gasteiger partial charge in [0.1, 0.15) is 23.8 Å². The highest BCUT2D eigenvalue weighted by Gasteiger charge is 2.46. The Morgan fingerprint density at radius 1 is 1.15 bits per heavy atom. The Balaban J connectivity index is 1.66. The molecule has 0 aromatic heterocycles. The second-order valence-corrected chi connectivity index (χ2v) is 8.98. The molecular weight excluding hydrogens is 443 g/mol. The second-order valence-electron chi connectivity index (χ2n) is 8.98. The summed E-state index contributed by atoms with van der Waals surface area (Å²) in [5.41, 5.74) is -0.0141. The number of carbonyl (C=O) groups is 1. The number of aliphatic hydroxyl groups is 1. The van der Waals surface area contributed by atoms with Crippen molar-refractivity contribution in [2.75, 3.05) is 46.5 Å². The van der Waals surface area contributed by atoms with E-state index in [0.717, 1.165) is 18.2 Å². The van der Waals surface area contributed by atoms with Crippen LogP contribution in [-0.4, -0.2) is 78.4 Å². The van der Waals surface area contributed by atoms with Gasteiger partial charge in [-0.15, -0.1) is 0 Å². The van der Waals surface area contributed by atoms with Gasteiger partial charge >= 0.3 is 6.03 Å². The van der Waals surface area contributed by atoms with Crippen LogP contribution in [-0.2, 0) is 5.54 Å². The first-order chi connectivity index (χ1) is 16.4. The molecule has 1 saturated heterocycles. The Morgan fingerprint density at radius 2 is 1.85 bits per heavy atom. The summed E-state index contributed by atoms with van der Waals surface area (Å²) in [5, 5.41) is 10.6. The second kappa shape index (κ2) is 10.2. The summed E-state index contributed by atoms with van der Waals surface area (Å²) in [4.78, 5) is 19.0. The molecule has 0 aliphatic carbocycles. The van der Waals surface area contributed by atoms with Gasteiger partial charge in [0.05, 0.1) is 6.61 Å². The first kappa shape index (κ1) is 24.3. The molecule has 0 bridgehead atoms. The molecule has 1 fully saturated rings. The number of carbonyl (C=O) groups excluding carboxylic acids is 1. The number of alkyl halides is 1. The summed E-state index contributed by atoms with van der Waals surface area (Å²) in [6, 6.07) is 12.0. The van der Waals surface area contributed by atoms with Crippen molar-refractivity contribution in [1.29, 1.82) is 0 Å². The molecule has 2 aliphatic rings. The topological polar surface area (TPSA) is 47.0 Å². The van der Waals surface area contributed by atoms with Gasteiger partial charge in [-0.3, -0.25) is 0 Å². The molecule has 5 nitrogen and oxygen atoms in total. The van der Waals surface area contributed by atoms with Gasteiger partial charge < -0.3 is 19.8 Å². The first-order valence-electron chi connectivity index (χ1n) is 11.6. The Hall–Kier alpha value is -2.84. The van der Waals surface area contributed by atoms with Gasteiger partial charge in [0.25, 0.3) is 0 Å². The summed E-state index contributed by atoms with van der Waals surface area (Å²) >= 11 is 0. The number of benzene rings is 2. The number of piperidine rings is 1. The largest absolute Gasteiger partial charge is 0.393 e. The molecule has 0 spiro atoms. The molecule has 8 heteroatoms. The van der Waals surface area contributed by atoms with Crippen LogP contribution in [0.25, 0.3) is 5.57 Å². The van der Waals surface area contributed by atoms with Crippen molar-refractivity contribution in [3.8, 4) is 0 Å². The van der Waals surface area contributed by atoms with E-state index < -0.39 is 30.5 Å². The average molecular weight is 474 g/mol. The zero-order valence-corrected chi connectivity index (χ0v) is 19.3. The molecule has 2 aromatic rings. The maximum atomic E-state index is 14.6. The molecule has 2 aromatic carbocycles. The monoisotopic (exact) mass is 473 g/mol. The van der Waals surface area contributed by atoms with E-state index in [-0.39, 0.29) is 24.2 Å². The van der Waals surface area contributed by atoms with Crippen LogP contribution in [0.5, 0.6) is 0 Å². The third-order valence-electron chi connectivity index (χ3n) is 7.05. The van der Waals surface area contributed by atoms with Crippen LogP contribution in [0.2, 0.25) is 0 Å². The van der Waals surface area contributed by atoms with Crippen LogP contribution in [0.15, 0.2) is 54.6 Å².